The highest BCUT2D eigenvalue weighted by Crippen LogP contribution is 2.14. The van der Waals surface area contributed by atoms with Crippen molar-refractivity contribution in [2.75, 3.05) is 6.54 Å². The lowest BCUT2D eigenvalue weighted by molar-refractivity contribution is -0.122. The second-order valence-electron chi connectivity index (χ2n) is 6.23. The summed E-state index contributed by atoms with van der Waals surface area (Å²) < 4.78 is 12.8. The van der Waals surface area contributed by atoms with Crippen molar-refractivity contribution in [3.05, 3.63) is 35.6 Å². The van der Waals surface area contributed by atoms with Crippen LogP contribution in [0.5, 0.6) is 0 Å². The van der Waals surface area contributed by atoms with Gasteiger partial charge < -0.3 is 11.1 Å². The first-order valence-electron chi connectivity index (χ1n) is 7.64. The van der Waals surface area contributed by atoms with Crippen LogP contribution in [0.4, 0.5) is 4.39 Å². The molecule has 2 unspecified atom stereocenters. The molecule has 1 rings (SSSR count). The number of carbonyl (C=O) groups is 1. The van der Waals surface area contributed by atoms with E-state index in [0.717, 1.165) is 12.0 Å². The van der Waals surface area contributed by atoms with Crippen molar-refractivity contribution in [1.82, 2.24) is 5.32 Å². The molecule has 0 radical (unpaired) electrons. The summed E-state index contributed by atoms with van der Waals surface area (Å²) in [6.45, 7) is 6.77. The lowest BCUT2D eigenvalue weighted by Crippen LogP contribution is -2.36. The van der Waals surface area contributed by atoms with Gasteiger partial charge in [-0.3, -0.25) is 4.79 Å². The Bertz CT molecular complexity index is 431. The van der Waals surface area contributed by atoms with Gasteiger partial charge in [-0.2, -0.15) is 0 Å². The van der Waals surface area contributed by atoms with Gasteiger partial charge in [0.15, 0.2) is 0 Å². The number of nitrogens with two attached hydrogens (primary N) is 1. The number of carbonyl (C=O) groups excluding carboxylic acids is 1. The maximum absolute atomic E-state index is 12.8. The molecule has 0 aliphatic carbocycles. The third-order valence-corrected chi connectivity index (χ3v) is 3.47. The van der Waals surface area contributed by atoms with Crippen molar-refractivity contribution < 1.29 is 9.18 Å². The van der Waals surface area contributed by atoms with E-state index in [1.54, 1.807) is 12.1 Å². The van der Waals surface area contributed by atoms with Gasteiger partial charge in [-0.15, -0.1) is 0 Å². The Labute approximate surface area is 127 Å². The van der Waals surface area contributed by atoms with Crippen LogP contribution in [0.3, 0.4) is 0 Å². The van der Waals surface area contributed by atoms with E-state index in [-0.39, 0.29) is 23.7 Å². The Morgan fingerprint density at radius 3 is 2.38 bits per heavy atom. The molecule has 0 saturated carbocycles. The Balaban J connectivity index is 2.40. The molecular weight excluding hydrogens is 267 g/mol. The quantitative estimate of drug-likeness (QED) is 0.774. The van der Waals surface area contributed by atoms with Crippen LogP contribution in [0.15, 0.2) is 24.3 Å². The summed E-state index contributed by atoms with van der Waals surface area (Å²) in [6.07, 6.45) is 2.14. The zero-order valence-corrected chi connectivity index (χ0v) is 13.2. The summed E-state index contributed by atoms with van der Waals surface area (Å²) in [5.74, 6) is 0.585. The van der Waals surface area contributed by atoms with Crippen molar-refractivity contribution in [3.8, 4) is 0 Å². The van der Waals surface area contributed by atoms with Crippen LogP contribution in [0.2, 0.25) is 0 Å². The third kappa shape index (κ3) is 7.23. The molecule has 0 heterocycles. The lowest BCUT2D eigenvalue weighted by atomic mass is 9.94. The molecule has 1 aromatic carbocycles. The van der Waals surface area contributed by atoms with Gasteiger partial charge in [0.25, 0.3) is 0 Å². The van der Waals surface area contributed by atoms with Crippen molar-refractivity contribution >= 4 is 5.91 Å². The largest absolute Gasteiger partial charge is 0.353 e. The van der Waals surface area contributed by atoms with Crippen molar-refractivity contribution in [2.45, 2.75) is 46.1 Å². The molecule has 3 N–H and O–H groups in total. The predicted molar refractivity (Wildman–Crippen MR) is 84.3 cm³/mol. The van der Waals surface area contributed by atoms with Crippen LogP contribution in [-0.2, 0) is 11.2 Å². The molecule has 118 valence electrons. The molecule has 0 spiro atoms. The molecule has 0 fully saturated rings. The fourth-order valence-corrected chi connectivity index (χ4v) is 2.55. The summed E-state index contributed by atoms with van der Waals surface area (Å²) in [6, 6.07) is 6.41. The number of hydrogen-bond donors (Lipinski definition) is 2. The van der Waals surface area contributed by atoms with E-state index in [1.165, 1.54) is 12.1 Å². The maximum atomic E-state index is 12.8. The molecule has 0 aromatic heterocycles. The highest BCUT2D eigenvalue weighted by Gasteiger charge is 2.15. The Morgan fingerprint density at radius 2 is 1.86 bits per heavy atom. The molecule has 1 aromatic rings. The van der Waals surface area contributed by atoms with Gasteiger partial charge in [0.1, 0.15) is 5.82 Å². The first-order chi connectivity index (χ1) is 9.90. The fourth-order valence-electron chi connectivity index (χ4n) is 2.55. The number of rotatable bonds is 8. The topological polar surface area (TPSA) is 55.1 Å². The average Bonchev–Trinajstić information content (AvgIpc) is 2.39. The summed E-state index contributed by atoms with van der Waals surface area (Å²) in [4.78, 5) is 12.0. The summed E-state index contributed by atoms with van der Waals surface area (Å²) in [5, 5.41) is 2.99. The molecule has 3 nitrogen and oxygen atoms in total. The van der Waals surface area contributed by atoms with Crippen molar-refractivity contribution in [1.29, 1.82) is 0 Å². The van der Waals surface area contributed by atoms with E-state index in [2.05, 4.69) is 19.2 Å². The molecule has 0 aliphatic rings. The Morgan fingerprint density at radius 1 is 1.24 bits per heavy atom. The van der Waals surface area contributed by atoms with Gasteiger partial charge in [-0.25, -0.2) is 4.39 Å². The Kier molecular flexibility index (Phi) is 7.37. The normalized spacial score (nSPS) is 14.0. The molecule has 0 bridgehead atoms. The molecule has 1 amide bonds. The first-order valence-corrected chi connectivity index (χ1v) is 7.64. The third-order valence-electron chi connectivity index (χ3n) is 3.47. The SMILES string of the molecule is CC(C)CC(CN)CC(=O)NC(C)Cc1ccc(F)cc1. The number of amides is 1. The van der Waals surface area contributed by atoms with Crippen LogP contribution in [0, 0.1) is 17.7 Å². The van der Waals surface area contributed by atoms with E-state index in [4.69, 9.17) is 5.73 Å². The van der Waals surface area contributed by atoms with Crippen LogP contribution in [0.1, 0.15) is 39.2 Å². The number of benzene rings is 1. The van der Waals surface area contributed by atoms with Gasteiger partial charge in [-0.1, -0.05) is 26.0 Å². The van der Waals surface area contributed by atoms with Crippen LogP contribution in [-0.4, -0.2) is 18.5 Å². The van der Waals surface area contributed by atoms with Gasteiger partial charge >= 0.3 is 0 Å². The van der Waals surface area contributed by atoms with E-state index >= 15 is 0 Å². The van der Waals surface area contributed by atoms with Gasteiger partial charge in [0, 0.05) is 12.5 Å². The first kappa shape index (κ1) is 17.6. The van der Waals surface area contributed by atoms with Crippen molar-refractivity contribution in [2.24, 2.45) is 17.6 Å². The van der Waals surface area contributed by atoms with Gasteiger partial charge in [0.05, 0.1) is 0 Å². The minimum absolute atomic E-state index is 0.0282. The van der Waals surface area contributed by atoms with Crippen molar-refractivity contribution in [3.63, 3.8) is 0 Å². The standard InChI is InChI=1S/C17H27FN2O/c1-12(2)8-15(11-19)10-17(21)20-13(3)9-14-4-6-16(18)7-5-14/h4-7,12-13,15H,8-11,19H2,1-3H3,(H,20,21). The van der Waals surface area contributed by atoms with Crippen LogP contribution < -0.4 is 11.1 Å². The predicted octanol–water partition coefficient (Wildman–Crippen LogP) is 2.88. The second kappa shape index (κ2) is 8.78. The van der Waals surface area contributed by atoms with Gasteiger partial charge in [-0.05, 0) is 55.8 Å². The van der Waals surface area contributed by atoms with E-state index < -0.39 is 0 Å². The smallest absolute Gasteiger partial charge is 0.220 e. The summed E-state index contributed by atoms with van der Waals surface area (Å²) in [7, 11) is 0. The highest BCUT2D eigenvalue weighted by molar-refractivity contribution is 5.76. The fraction of sp³-hybridized carbons (Fsp3) is 0.588. The van der Waals surface area contributed by atoms with Crippen LogP contribution >= 0.6 is 0 Å². The van der Waals surface area contributed by atoms with E-state index in [9.17, 15) is 9.18 Å². The lowest BCUT2D eigenvalue weighted by Gasteiger charge is -2.19. The number of halogens is 1. The molecular formula is C17H27FN2O. The minimum atomic E-state index is -0.241. The number of nitrogens with one attached hydrogen (secondary N) is 1. The molecule has 21 heavy (non-hydrogen) atoms. The maximum Gasteiger partial charge on any atom is 0.220 e. The summed E-state index contributed by atoms with van der Waals surface area (Å²) >= 11 is 0. The van der Waals surface area contributed by atoms with E-state index in [1.807, 2.05) is 6.92 Å². The van der Waals surface area contributed by atoms with Gasteiger partial charge in [0.2, 0.25) is 5.91 Å². The second-order valence-corrected chi connectivity index (χ2v) is 6.23. The minimum Gasteiger partial charge on any atom is -0.353 e. The highest BCUT2D eigenvalue weighted by atomic mass is 19.1. The zero-order valence-electron chi connectivity index (χ0n) is 13.2. The molecule has 0 aliphatic heterocycles. The Hall–Kier alpha value is -1.42. The monoisotopic (exact) mass is 294 g/mol. The number of hydrogen-bond acceptors (Lipinski definition) is 2. The zero-order chi connectivity index (χ0) is 15.8. The van der Waals surface area contributed by atoms with E-state index in [0.29, 0.717) is 25.3 Å². The molecule has 4 heteroatoms. The average molecular weight is 294 g/mol. The summed E-state index contributed by atoms with van der Waals surface area (Å²) in [5.41, 5.74) is 6.74. The molecule has 0 saturated heterocycles. The van der Waals surface area contributed by atoms with Crippen LogP contribution in [0.25, 0.3) is 0 Å². The molecule has 2 atom stereocenters.